The maximum absolute atomic E-state index is 11.3. The lowest BCUT2D eigenvalue weighted by Crippen LogP contribution is -2.14. The minimum absolute atomic E-state index is 0.220. The van der Waals surface area contributed by atoms with E-state index in [4.69, 9.17) is 4.98 Å². The quantitative estimate of drug-likeness (QED) is 0.732. The lowest BCUT2D eigenvalue weighted by Gasteiger charge is -2.25. The summed E-state index contributed by atoms with van der Waals surface area (Å²) >= 11 is 0. The number of carboxylic acid groups (broad SMARTS) is 1. The van der Waals surface area contributed by atoms with Gasteiger partial charge in [-0.1, -0.05) is 19.3 Å². The van der Waals surface area contributed by atoms with Crippen molar-refractivity contribution in [2.75, 3.05) is 0 Å². The molecule has 2 aromatic carbocycles. The molecule has 0 spiro atoms. The molecule has 1 aromatic heterocycles. The van der Waals surface area contributed by atoms with Gasteiger partial charge in [-0.05, 0) is 55.3 Å². The van der Waals surface area contributed by atoms with Crippen molar-refractivity contribution in [1.82, 2.24) is 9.55 Å². The zero-order valence-electron chi connectivity index (χ0n) is 13.9. The molecular weight excluding hydrogens is 316 g/mol. The number of rotatable bonds is 3. The number of benzene rings is 2. The van der Waals surface area contributed by atoms with Crippen LogP contribution in [0, 0.1) is 0 Å². The predicted molar refractivity (Wildman–Crippen MR) is 95.9 cm³/mol. The zero-order chi connectivity index (χ0) is 17.4. The summed E-state index contributed by atoms with van der Waals surface area (Å²) in [4.78, 5) is 16.0. The Morgan fingerprint density at radius 1 is 1.04 bits per heavy atom. The van der Waals surface area contributed by atoms with E-state index in [2.05, 4.69) is 4.57 Å². The van der Waals surface area contributed by atoms with Gasteiger partial charge in [-0.15, -0.1) is 0 Å². The number of carbonyl (C=O) groups is 1. The van der Waals surface area contributed by atoms with Crippen molar-refractivity contribution in [3.8, 4) is 17.1 Å². The van der Waals surface area contributed by atoms with Crippen LogP contribution < -0.4 is 0 Å². The second-order valence-electron chi connectivity index (χ2n) is 6.65. The fourth-order valence-electron chi connectivity index (χ4n) is 3.75. The number of phenols is 1. The molecule has 0 amide bonds. The van der Waals surface area contributed by atoms with E-state index < -0.39 is 5.97 Å². The first-order valence-electron chi connectivity index (χ1n) is 8.68. The fourth-order valence-corrected chi connectivity index (χ4v) is 3.75. The highest BCUT2D eigenvalue weighted by molar-refractivity contribution is 5.93. The molecule has 5 nitrogen and oxygen atoms in total. The Morgan fingerprint density at radius 3 is 2.44 bits per heavy atom. The van der Waals surface area contributed by atoms with E-state index in [9.17, 15) is 15.0 Å². The summed E-state index contributed by atoms with van der Waals surface area (Å²) < 4.78 is 2.26. The summed E-state index contributed by atoms with van der Waals surface area (Å²) in [5.74, 6) is 0.113. The number of imidazole rings is 1. The average molecular weight is 336 g/mol. The second kappa shape index (κ2) is 6.24. The van der Waals surface area contributed by atoms with Gasteiger partial charge in [0.25, 0.3) is 0 Å². The summed E-state index contributed by atoms with van der Waals surface area (Å²) in [5.41, 5.74) is 2.85. The van der Waals surface area contributed by atoms with Crippen LogP contribution in [-0.2, 0) is 0 Å². The molecule has 1 heterocycles. The highest BCUT2D eigenvalue weighted by atomic mass is 16.4. The van der Waals surface area contributed by atoms with Crippen molar-refractivity contribution >= 4 is 17.0 Å². The SMILES string of the molecule is O=C(O)c1ccc2c(c1)nc(-c1ccc(O)cc1)n2C1CCCCC1. The molecule has 5 heteroatoms. The molecular formula is C20H20N2O3. The molecule has 1 saturated carbocycles. The Labute approximate surface area is 145 Å². The van der Waals surface area contributed by atoms with Gasteiger partial charge in [-0.3, -0.25) is 0 Å². The zero-order valence-corrected chi connectivity index (χ0v) is 13.9. The number of aromatic hydroxyl groups is 1. The maximum atomic E-state index is 11.3. The highest BCUT2D eigenvalue weighted by Gasteiger charge is 2.22. The Morgan fingerprint density at radius 2 is 1.76 bits per heavy atom. The minimum atomic E-state index is -0.944. The van der Waals surface area contributed by atoms with Gasteiger partial charge in [-0.2, -0.15) is 0 Å². The maximum Gasteiger partial charge on any atom is 0.335 e. The largest absolute Gasteiger partial charge is 0.508 e. The number of hydrogen-bond donors (Lipinski definition) is 2. The van der Waals surface area contributed by atoms with Crippen molar-refractivity contribution < 1.29 is 15.0 Å². The van der Waals surface area contributed by atoms with Crippen LogP contribution in [0.3, 0.4) is 0 Å². The van der Waals surface area contributed by atoms with Crippen molar-refractivity contribution in [3.63, 3.8) is 0 Å². The molecule has 1 aliphatic carbocycles. The van der Waals surface area contributed by atoms with E-state index >= 15 is 0 Å². The number of aromatic nitrogens is 2. The molecule has 25 heavy (non-hydrogen) atoms. The summed E-state index contributed by atoms with van der Waals surface area (Å²) in [7, 11) is 0. The molecule has 128 valence electrons. The van der Waals surface area contributed by atoms with Crippen LogP contribution in [0.25, 0.3) is 22.4 Å². The van der Waals surface area contributed by atoms with Gasteiger partial charge >= 0.3 is 5.97 Å². The lowest BCUT2D eigenvalue weighted by molar-refractivity contribution is 0.0697. The van der Waals surface area contributed by atoms with Gasteiger partial charge in [0.15, 0.2) is 0 Å². The predicted octanol–water partition coefficient (Wildman–Crippen LogP) is 4.61. The van der Waals surface area contributed by atoms with E-state index in [1.54, 1.807) is 24.3 Å². The third kappa shape index (κ3) is 2.86. The summed E-state index contributed by atoms with van der Waals surface area (Å²) in [6.45, 7) is 0. The van der Waals surface area contributed by atoms with Crippen LogP contribution >= 0.6 is 0 Å². The topological polar surface area (TPSA) is 75.3 Å². The number of hydrogen-bond acceptors (Lipinski definition) is 3. The van der Waals surface area contributed by atoms with Crippen molar-refractivity contribution in [2.24, 2.45) is 0 Å². The van der Waals surface area contributed by atoms with Crippen LogP contribution in [0.4, 0.5) is 0 Å². The van der Waals surface area contributed by atoms with Gasteiger partial charge in [0.1, 0.15) is 11.6 Å². The van der Waals surface area contributed by atoms with Crippen LogP contribution in [0.1, 0.15) is 48.5 Å². The summed E-state index contributed by atoms with van der Waals surface area (Å²) in [6.07, 6.45) is 5.88. The number of fused-ring (bicyclic) bond motifs is 1. The van der Waals surface area contributed by atoms with Gasteiger partial charge in [0, 0.05) is 11.6 Å². The molecule has 3 aromatic rings. The average Bonchev–Trinajstić information content (AvgIpc) is 3.01. The highest BCUT2D eigenvalue weighted by Crippen LogP contribution is 2.36. The van der Waals surface area contributed by atoms with Crippen molar-refractivity contribution in [1.29, 1.82) is 0 Å². The van der Waals surface area contributed by atoms with E-state index in [1.165, 1.54) is 19.3 Å². The monoisotopic (exact) mass is 336 g/mol. The number of carboxylic acids is 1. The van der Waals surface area contributed by atoms with Gasteiger partial charge in [0.2, 0.25) is 0 Å². The second-order valence-corrected chi connectivity index (χ2v) is 6.65. The molecule has 0 atom stereocenters. The van der Waals surface area contributed by atoms with Crippen LogP contribution in [0.5, 0.6) is 5.75 Å². The normalized spacial score (nSPS) is 15.5. The van der Waals surface area contributed by atoms with Gasteiger partial charge in [-0.25, -0.2) is 9.78 Å². The van der Waals surface area contributed by atoms with E-state index in [1.807, 2.05) is 18.2 Å². The molecule has 0 aliphatic heterocycles. The van der Waals surface area contributed by atoms with E-state index in [0.717, 1.165) is 29.7 Å². The Kier molecular flexibility index (Phi) is 3.92. The molecule has 0 radical (unpaired) electrons. The minimum Gasteiger partial charge on any atom is -0.508 e. The number of aromatic carboxylic acids is 1. The van der Waals surface area contributed by atoms with Crippen molar-refractivity contribution in [3.05, 3.63) is 48.0 Å². The Balaban J connectivity index is 1.92. The van der Waals surface area contributed by atoms with E-state index in [-0.39, 0.29) is 11.3 Å². The molecule has 1 fully saturated rings. The third-order valence-electron chi connectivity index (χ3n) is 5.00. The third-order valence-corrected chi connectivity index (χ3v) is 5.00. The molecule has 1 aliphatic rings. The first kappa shape index (κ1) is 15.7. The van der Waals surface area contributed by atoms with E-state index in [0.29, 0.717) is 11.6 Å². The van der Waals surface area contributed by atoms with Gasteiger partial charge in [0.05, 0.1) is 16.6 Å². The number of phenolic OH excluding ortho intramolecular Hbond substituents is 1. The smallest absolute Gasteiger partial charge is 0.335 e. The molecule has 0 unspecified atom stereocenters. The summed E-state index contributed by atoms with van der Waals surface area (Å²) in [6, 6.07) is 12.5. The Bertz CT molecular complexity index is 922. The Hall–Kier alpha value is -2.82. The van der Waals surface area contributed by atoms with Crippen LogP contribution in [0.2, 0.25) is 0 Å². The number of nitrogens with zero attached hydrogens (tertiary/aromatic N) is 2. The van der Waals surface area contributed by atoms with Crippen LogP contribution in [-0.4, -0.2) is 25.7 Å². The van der Waals surface area contributed by atoms with Crippen LogP contribution in [0.15, 0.2) is 42.5 Å². The van der Waals surface area contributed by atoms with Gasteiger partial charge < -0.3 is 14.8 Å². The first-order chi connectivity index (χ1) is 12.1. The molecule has 4 rings (SSSR count). The standard InChI is InChI=1S/C20H20N2O3/c23-16-9-6-13(7-10-16)19-21-17-12-14(20(24)25)8-11-18(17)22(19)15-4-2-1-3-5-15/h6-12,15,23H,1-5H2,(H,24,25). The van der Waals surface area contributed by atoms with Crippen molar-refractivity contribution in [2.45, 2.75) is 38.1 Å². The molecule has 2 N–H and O–H groups in total. The lowest BCUT2D eigenvalue weighted by atomic mass is 9.95. The molecule has 0 saturated heterocycles. The summed E-state index contributed by atoms with van der Waals surface area (Å²) in [5, 5.41) is 18.8. The first-order valence-corrected chi connectivity index (χ1v) is 8.68. The fraction of sp³-hybridized carbons (Fsp3) is 0.300. The molecule has 0 bridgehead atoms.